The van der Waals surface area contributed by atoms with Crippen molar-refractivity contribution >= 4 is 23.9 Å². The number of benzene rings is 1. The summed E-state index contributed by atoms with van der Waals surface area (Å²) in [6, 6.07) is 8.15. The van der Waals surface area contributed by atoms with Crippen molar-refractivity contribution in [3.63, 3.8) is 0 Å². The maximum Gasteiger partial charge on any atom is 0.147 e. The van der Waals surface area contributed by atoms with Gasteiger partial charge in [0.1, 0.15) is 11.7 Å². The normalized spacial score (nSPS) is 9.53. The fourth-order valence-corrected chi connectivity index (χ4v) is 1.53. The van der Waals surface area contributed by atoms with Crippen LogP contribution in [0, 0.1) is 11.2 Å². The van der Waals surface area contributed by atoms with Gasteiger partial charge in [-0.15, -0.1) is 12.4 Å². The molecule has 4 nitrogen and oxygen atoms in total. The molecule has 0 atom stereocenters. The number of halogens is 2. The van der Waals surface area contributed by atoms with Gasteiger partial charge in [-0.05, 0) is 29.8 Å². The van der Waals surface area contributed by atoms with E-state index in [9.17, 15) is 4.39 Å². The number of anilines is 1. The van der Waals surface area contributed by atoms with Crippen LogP contribution in [0.5, 0.6) is 0 Å². The molecule has 0 amide bonds. The first-order valence-electron chi connectivity index (χ1n) is 5.43. The predicted molar refractivity (Wildman–Crippen MR) is 76.2 cm³/mol. The van der Waals surface area contributed by atoms with Crippen LogP contribution in [-0.4, -0.2) is 10.8 Å². The Morgan fingerprint density at radius 2 is 2.16 bits per heavy atom. The van der Waals surface area contributed by atoms with E-state index in [1.54, 1.807) is 24.5 Å². The van der Waals surface area contributed by atoms with Crippen molar-refractivity contribution < 1.29 is 4.39 Å². The molecule has 0 saturated heterocycles. The molecule has 4 N–H and O–H groups in total. The maximum atomic E-state index is 13.7. The molecule has 0 aliphatic rings. The van der Waals surface area contributed by atoms with Gasteiger partial charge in [-0.2, -0.15) is 0 Å². The van der Waals surface area contributed by atoms with Crippen LogP contribution in [0.2, 0.25) is 0 Å². The van der Waals surface area contributed by atoms with Gasteiger partial charge in [0.05, 0.1) is 5.69 Å². The van der Waals surface area contributed by atoms with Gasteiger partial charge in [-0.3, -0.25) is 10.4 Å². The van der Waals surface area contributed by atoms with Crippen molar-refractivity contribution in [2.45, 2.75) is 6.54 Å². The molecule has 100 valence electrons. The fraction of sp³-hybridized carbons (Fsp3) is 0.0769. The molecule has 1 aromatic heterocycles. The van der Waals surface area contributed by atoms with Gasteiger partial charge in [0.25, 0.3) is 0 Å². The van der Waals surface area contributed by atoms with E-state index in [1.165, 1.54) is 6.07 Å². The van der Waals surface area contributed by atoms with Crippen LogP contribution in [-0.2, 0) is 6.54 Å². The second-order valence-electron chi connectivity index (χ2n) is 3.82. The predicted octanol–water partition coefficient (Wildman–Crippen LogP) is 2.54. The average molecular weight is 281 g/mol. The Balaban J connectivity index is 0.00000180. The molecule has 0 aliphatic carbocycles. The van der Waals surface area contributed by atoms with Crippen LogP contribution in [0.25, 0.3) is 0 Å². The van der Waals surface area contributed by atoms with E-state index in [2.05, 4.69) is 10.3 Å². The van der Waals surface area contributed by atoms with Gasteiger partial charge < -0.3 is 11.1 Å². The van der Waals surface area contributed by atoms with Gasteiger partial charge >= 0.3 is 0 Å². The Kier molecular flexibility index (Phi) is 5.26. The molecule has 0 saturated carbocycles. The van der Waals surface area contributed by atoms with Crippen LogP contribution in [0.1, 0.15) is 11.1 Å². The van der Waals surface area contributed by atoms with Crippen molar-refractivity contribution in [2.75, 3.05) is 5.32 Å². The summed E-state index contributed by atoms with van der Waals surface area (Å²) in [7, 11) is 0. The fourth-order valence-electron chi connectivity index (χ4n) is 1.53. The quantitative estimate of drug-likeness (QED) is 0.595. The monoisotopic (exact) mass is 280 g/mol. The highest BCUT2D eigenvalue weighted by Crippen LogP contribution is 2.16. The number of hydrogen-bond donors (Lipinski definition) is 3. The zero-order valence-electron chi connectivity index (χ0n) is 10.1. The Labute approximate surface area is 116 Å². The number of hydrogen-bond acceptors (Lipinski definition) is 3. The first-order valence-corrected chi connectivity index (χ1v) is 5.43. The van der Waals surface area contributed by atoms with Gasteiger partial charge in [0.2, 0.25) is 0 Å². The first-order chi connectivity index (χ1) is 8.66. The van der Waals surface area contributed by atoms with Crippen LogP contribution in [0.3, 0.4) is 0 Å². The Morgan fingerprint density at radius 3 is 2.74 bits per heavy atom. The highest BCUT2D eigenvalue weighted by molar-refractivity contribution is 5.95. The topological polar surface area (TPSA) is 74.8 Å². The van der Waals surface area contributed by atoms with Crippen LogP contribution < -0.4 is 11.1 Å². The van der Waals surface area contributed by atoms with Gasteiger partial charge in [-0.1, -0.05) is 6.07 Å². The first kappa shape index (κ1) is 14.9. The molecule has 0 fully saturated rings. The zero-order chi connectivity index (χ0) is 13.0. The summed E-state index contributed by atoms with van der Waals surface area (Å²) in [5.74, 6) is -0.570. The average Bonchev–Trinajstić information content (AvgIpc) is 2.38. The van der Waals surface area contributed by atoms with E-state index < -0.39 is 5.82 Å². The van der Waals surface area contributed by atoms with E-state index in [0.29, 0.717) is 17.8 Å². The van der Waals surface area contributed by atoms with E-state index in [4.69, 9.17) is 11.1 Å². The van der Waals surface area contributed by atoms with Gasteiger partial charge in [-0.25, -0.2) is 4.39 Å². The highest BCUT2D eigenvalue weighted by Gasteiger charge is 2.04. The second kappa shape index (κ2) is 6.70. The maximum absolute atomic E-state index is 13.7. The minimum absolute atomic E-state index is 0. The molecule has 2 aromatic rings. The minimum Gasteiger partial charge on any atom is -0.384 e. The Bertz CT molecular complexity index is 560. The molecular weight excluding hydrogens is 267 g/mol. The molecule has 0 radical (unpaired) electrons. The number of nitrogens with zero attached hydrogens (tertiary/aromatic N) is 1. The second-order valence-corrected chi connectivity index (χ2v) is 3.82. The SMILES string of the molecule is Cl.N=C(N)c1ccc(NCc2cccnc2)c(F)c1. The third-order valence-electron chi connectivity index (χ3n) is 2.49. The molecule has 6 heteroatoms. The van der Waals surface area contributed by atoms with Crippen molar-refractivity contribution in [1.82, 2.24) is 4.98 Å². The Hall–Kier alpha value is -2.14. The van der Waals surface area contributed by atoms with Crippen molar-refractivity contribution in [2.24, 2.45) is 5.73 Å². The lowest BCUT2D eigenvalue weighted by Gasteiger charge is -2.08. The van der Waals surface area contributed by atoms with Crippen molar-refractivity contribution in [1.29, 1.82) is 5.41 Å². The molecule has 1 heterocycles. The summed E-state index contributed by atoms with van der Waals surface area (Å²) < 4.78 is 13.7. The van der Waals surface area contributed by atoms with E-state index in [-0.39, 0.29) is 18.2 Å². The number of pyridine rings is 1. The molecule has 0 spiro atoms. The largest absolute Gasteiger partial charge is 0.384 e. The molecule has 2 rings (SSSR count). The highest BCUT2D eigenvalue weighted by atomic mass is 35.5. The van der Waals surface area contributed by atoms with E-state index in [0.717, 1.165) is 5.56 Å². The number of nitrogens with two attached hydrogens (primary N) is 1. The summed E-state index contributed by atoms with van der Waals surface area (Å²) in [6.45, 7) is 0.490. The summed E-state index contributed by atoms with van der Waals surface area (Å²) in [5, 5.41) is 10.2. The molecule has 19 heavy (non-hydrogen) atoms. The van der Waals surface area contributed by atoms with E-state index in [1.807, 2.05) is 12.1 Å². The van der Waals surface area contributed by atoms with Crippen LogP contribution in [0.4, 0.5) is 10.1 Å². The smallest absolute Gasteiger partial charge is 0.147 e. The van der Waals surface area contributed by atoms with E-state index >= 15 is 0 Å². The molecular formula is C13H14ClFN4. The van der Waals surface area contributed by atoms with Crippen molar-refractivity contribution in [3.05, 3.63) is 59.7 Å². The lowest BCUT2D eigenvalue weighted by atomic mass is 10.1. The number of rotatable bonds is 4. The molecule has 0 unspecified atom stereocenters. The number of amidine groups is 1. The molecule has 0 bridgehead atoms. The third-order valence-corrected chi connectivity index (χ3v) is 2.49. The van der Waals surface area contributed by atoms with Crippen LogP contribution in [0.15, 0.2) is 42.7 Å². The van der Waals surface area contributed by atoms with Gasteiger partial charge in [0.15, 0.2) is 0 Å². The standard InChI is InChI=1S/C13H13FN4.ClH/c14-11-6-10(13(15)16)3-4-12(11)18-8-9-2-1-5-17-7-9;/h1-7,18H,8H2,(H3,15,16);1H. The summed E-state index contributed by atoms with van der Waals surface area (Å²) in [6.07, 6.45) is 3.40. The van der Waals surface area contributed by atoms with Crippen LogP contribution >= 0.6 is 12.4 Å². The summed E-state index contributed by atoms with van der Waals surface area (Å²) in [5.41, 5.74) is 7.00. The summed E-state index contributed by atoms with van der Waals surface area (Å²) >= 11 is 0. The van der Waals surface area contributed by atoms with Crippen molar-refractivity contribution in [3.8, 4) is 0 Å². The third kappa shape index (κ3) is 3.93. The lowest BCUT2D eigenvalue weighted by molar-refractivity contribution is 0.629. The zero-order valence-corrected chi connectivity index (χ0v) is 10.9. The molecule has 1 aromatic carbocycles. The Morgan fingerprint density at radius 1 is 1.37 bits per heavy atom. The minimum atomic E-state index is -0.424. The number of nitrogen functional groups attached to an aromatic ring is 1. The lowest BCUT2D eigenvalue weighted by Crippen LogP contribution is -2.11. The van der Waals surface area contributed by atoms with Gasteiger partial charge in [0, 0.05) is 24.5 Å². The number of aromatic nitrogens is 1. The molecule has 0 aliphatic heterocycles. The summed E-state index contributed by atoms with van der Waals surface area (Å²) in [4.78, 5) is 3.98. The number of nitrogens with one attached hydrogen (secondary N) is 2.